The second kappa shape index (κ2) is 11.1. The minimum absolute atomic E-state index is 0.0505. The number of aryl methyl sites for hydroxylation is 1. The fourth-order valence-corrected chi connectivity index (χ4v) is 5.35. The number of aromatic nitrogens is 1. The lowest BCUT2D eigenvalue weighted by Crippen LogP contribution is -2.54. The van der Waals surface area contributed by atoms with E-state index in [9.17, 15) is 19.2 Å². The summed E-state index contributed by atoms with van der Waals surface area (Å²) >= 11 is 0. The lowest BCUT2D eigenvalue weighted by Gasteiger charge is -2.34. The van der Waals surface area contributed by atoms with E-state index in [1.807, 2.05) is 61.0 Å². The minimum atomic E-state index is -0.665. The summed E-state index contributed by atoms with van der Waals surface area (Å²) in [4.78, 5) is 51.5. The predicted octanol–water partition coefficient (Wildman–Crippen LogP) is 2.89. The first-order valence-electron chi connectivity index (χ1n) is 12.8. The van der Waals surface area contributed by atoms with Crippen molar-refractivity contribution in [2.75, 3.05) is 0 Å². The fourth-order valence-electron chi connectivity index (χ4n) is 5.35. The number of ether oxygens (including phenoxy) is 1. The van der Waals surface area contributed by atoms with E-state index in [0.717, 1.165) is 29.7 Å². The Labute approximate surface area is 211 Å². The average molecular weight is 494 g/mol. The largest absolute Gasteiger partial charge is 0.461 e. The average Bonchev–Trinajstić information content (AvgIpc) is 3.20. The Balaban J connectivity index is 1.51. The van der Waals surface area contributed by atoms with E-state index >= 15 is 0 Å². The van der Waals surface area contributed by atoms with Crippen molar-refractivity contribution in [1.29, 1.82) is 0 Å². The van der Waals surface area contributed by atoms with Crippen LogP contribution >= 0.6 is 0 Å². The number of esters is 1. The maximum Gasteiger partial charge on any atom is 0.311 e. The van der Waals surface area contributed by atoms with Crippen molar-refractivity contribution < 1.29 is 23.9 Å². The first-order chi connectivity index (χ1) is 17.3. The molecule has 2 amide bonds. The van der Waals surface area contributed by atoms with Gasteiger partial charge in [-0.3, -0.25) is 19.2 Å². The maximum atomic E-state index is 13.6. The zero-order valence-corrected chi connectivity index (χ0v) is 21.2. The van der Waals surface area contributed by atoms with Crippen LogP contribution in [0.2, 0.25) is 0 Å². The molecule has 4 rings (SSSR count). The van der Waals surface area contributed by atoms with Crippen LogP contribution in [0.5, 0.6) is 0 Å². The number of benzene rings is 1. The Bertz CT molecular complexity index is 1130. The molecule has 192 valence electrons. The second-order valence-electron chi connectivity index (χ2n) is 10.0. The second-order valence-corrected chi connectivity index (χ2v) is 10.0. The number of rotatable bonds is 8. The molecule has 1 aromatic heterocycles. The van der Waals surface area contributed by atoms with Crippen LogP contribution < -0.4 is 10.6 Å². The molecule has 0 fully saturated rings. The molecule has 36 heavy (non-hydrogen) atoms. The first-order valence-corrected chi connectivity index (χ1v) is 12.8. The third-order valence-electron chi connectivity index (χ3n) is 7.47. The van der Waals surface area contributed by atoms with Crippen molar-refractivity contribution in [2.45, 2.75) is 77.6 Å². The highest BCUT2D eigenvalue weighted by atomic mass is 16.5. The lowest BCUT2D eigenvalue weighted by atomic mass is 9.79. The molecule has 1 aliphatic carbocycles. The van der Waals surface area contributed by atoms with Gasteiger partial charge < -0.3 is 19.9 Å². The minimum Gasteiger partial charge on any atom is -0.461 e. The highest BCUT2D eigenvalue weighted by Crippen LogP contribution is 2.38. The molecule has 2 N–H and O–H groups in total. The van der Waals surface area contributed by atoms with Gasteiger partial charge in [-0.25, -0.2) is 0 Å². The van der Waals surface area contributed by atoms with Crippen LogP contribution in [-0.2, 0) is 43.5 Å². The van der Waals surface area contributed by atoms with Crippen molar-refractivity contribution in [3.63, 3.8) is 0 Å². The highest BCUT2D eigenvalue weighted by molar-refractivity contribution is 5.92. The summed E-state index contributed by atoms with van der Waals surface area (Å²) in [5.41, 5.74) is 2.86. The molecule has 8 nitrogen and oxygen atoms in total. The predicted molar refractivity (Wildman–Crippen MR) is 134 cm³/mol. The summed E-state index contributed by atoms with van der Waals surface area (Å²) in [6.45, 7) is 5.82. The van der Waals surface area contributed by atoms with E-state index in [-0.39, 0.29) is 36.5 Å². The molecule has 2 heterocycles. The monoisotopic (exact) mass is 493 g/mol. The van der Waals surface area contributed by atoms with E-state index in [0.29, 0.717) is 13.0 Å². The smallest absolute Gasteiger partial charge is 0.311 e. The maximum absolute atomic E-state index is 13.6. The number of carbonyl (C=O) groups excluding carboxylic acids is 4. The van der Waals surface area contributed by atoms with Gasteiger partial charge in [0.25, 0.3) is 0 Å². The van der Waals surface area contributed by atoms with Crippen molar-refractivity contribution >= 4 is 23.6 Å². The third kappa shape index (κ3) is 5.53. The molecule has 1 aliphatic heterocycles. The number of nitrogens with one attached hydrogen (secondary N) is 2. The Morgan fingerprint density at radius 2 is 1.92 bits per heavy atom. The van der Waals surface area contributed by atoms with E-state index < -0.39 is 29.9 Å². The Hall–Kier alpha value is -3.42. The molecule has 5 atom stereocenters. The van der Waals surface area contributed by atoms with Crippen LogP contribution in [-0.4, -0.2) is 40.2 Å². The molecule has 0 spiro atoms. The molecule has 2 aliphatic rings. The van der Waals surface area contributed by atoms with Gasteiger partial charge >= 0.3 is 5.97 Å². The molecule has 0 radical (unpaired) electrons. The van der Waals surface area contributed by atoms with E-state index in [2.05, 4.69) is 10.6 Å². The van der Waals surface area contributed by atoms with Gasteiger partial charge in [-0.15, -0.1) is 0 Å². The number of Topliss-reactive ketones (excluding diaryl/α,β-unsaturated/α-hetero) is 1. The number of hydrogen-bond donors (Lipinski definition) is 2. The summed E-state index contributed by atoms with van der Waals surface area (Å²) in [7, 11) is 0. The topological polar surface area (TPSA) is 107 Å². The molecule has 0 saturated heterocycles. The third-order valence-corrected chi connectivity index (χ3v) is 7.47. The van der Waals surface area contributed by atoms with Crippen molar-refractivity contribution in [1.82, 2.24) is 15.2 Å². The molecular formula is C28H35N3O5. The molecule has 0 saturated carbocycles. The summed E-state index contributed by atoms with van der Waals surface area (Å²) < 4.78 is 7.55. The van der Waals surface area contributed by atoms with Gasteiger partial charge in [-0.2, -0.15) is 0 Å². The highest BCUT2D eigenvalue weighted by Gasteiger charge is 2.43. The standard InChI is InChI=1S/C28H35N3O5/c1-4-17(2)25(29-18(3)32)27(34)30-22-11-10-20-12-13-31-15-21(14-23(33)24(22)26(20)31)28(35)36-16-19-8-6-5-7-9-19/h5-9,12-13,17,21-22,24-25H,4,10-11,14-16H2,1-3H3,(H,29,32)(H,30,34)/t17-,21-,22-,24?,25-/m0/s1. The number of nitrogens with zero attached hydrogens (tertiary/aromatic N) is 1. The number of amides is 2. The van der Waals surface area contributed by atoms with Gasteiger partial charge in [0.1, 0.15) is 18.4 Å². The van der Waals surface area contributed by atoms with Gasteiger partial charge in [-0.05, 0) is 36.0 Å². The molecule has 8 heteroatoms. The fraction of sp³-hybridized carbons (Fsp3) is 0.500. The number of ketones is 1. The summed E-state index contributed by atoms with van der Waals surface area (Å²) in [5, 5.41) is 5.84. The van der Waals surface area contributed by atoms with Gasteiger partial charge in [0.05, 0.1) is 11.8 Å². The number of hydrogen-bond acceptors (Lipinski definition) is 5. The normalized spacial score (nSPS) is 22.5. The SMILES string of the molecule is CC[C@H](C)[C@H](NC(C)=O)C(=O)N[C@H]1CCc2ccn3c2C1C(=O)C[C@H](C(=O)OCc1ccccc1)C3. The molecule has 0 bridgehead atoms. The summed E-state index contributed by atoms with van der Waals surface area (Å²) in [5.74, 6) is -2.18. The van der Waals surface area contributed by atoms with Crippen LogP contribution in [0.3, 0.4) is 0 Å². The van der Waals surface area contributed by atoms with Crippen LogP contribution in [0.25, 0.3) is 0 Å². The van der Waals surface area contributed by atoms with E-state index in [1.165, 1.54) is 6.92 Å². The van der Waals surface area contributed by atoms with E-state index in [1.54, 1.807) is 0 Å². The number of carbonyl (C=O) groups is 4. The Morgan fingerprint density at radius 3 is 2.61 bits per heavy atom. The van der Waals surface area contributed by atoms with Gasteiger partial charge in [-0.1, -0.05) is 50.6 Å². The molecular weight excluding hydrogens is 458 g/mol. The molecule has 2 aromatic rings. The zero-order chi connectivity index (χ0) is 25.8. The van der Waals surface area contributed by atoms with Gasteiger partial charge in [0.2, 0.25) is 11.8 Å². The van der Waals surface area contributed by atoms with Gasteiger partial charge in [0.15, 0.2) is 0 Å². The summed E-state index contributed by atoms with van der Waals surface area (Å²) in [6.07, 6.45) is 4.07. The van der Waals surface area contributed by atoms with Crippen molar-refractivity contribution in [3.8, 4) is 0 Å². The van der Waals surface area contributed by atoms with Crippen LogP contribution in [0.15, 0.2) is 42.6 Å². The summed E-state index contributed by atoms with van der Waals surface area (Å²) in [6, 6.07) is 10.4. The Morgan fingerprint density at radius 1 is 1.17 bits per heavy atom. The zero-order valence-electron chi connectivity index (χ0n) is 21.2. The van der Waals surface area contributed by atoms with Crippen LogP contribution in [0, 0.1) is 11.8 Å². The van der Waals surface area contributed by atoms with Gasteiger partial charge in [0, 0.05) is 37.8 Å². The Kier molecular flexibility index (Phi) is 7.91. The quantitative estimate of drug-likeness (QED) is 0.550. The van der Waals surface area contributed by atoms with Crippen LogP contribution in [0.4, 0.5) is 0 Å². The van der Waals surface area contributed by atoms with Crippen molar-refractivity contribution in [3.05, 3.63) is 59.4 Å². The van der Waals surface area contributed by atoms with Crippen LogP contribution in [0.1, 0.15) is 62.8 Å². The van der Waals surface area contributed by atoms with Crippen molar-refractivity contribution in [2.24, 2.45) is 11.8 Å². The molecule has 1 unspecified atom stereocenters. The first kappa shape index (κ1) is 25.7. The lowest BCUT2D eigenvalue weighted by molar-refractivity contribution is -0.152. The molecule has 1 aromatic carbocycles. The van der Waals surface area contributed by atoms with E-state index in [4.69, 9.17) is 4.74 Å².